The smallest absolute Gasteiger partial charge is 0.0795 e. The van der Waals surface area contributed by atoms with Gasteiger partial charge < -0.3 is 5.73 Å². The van der Waals surface area contributed by atoms with E-state index in [1.165, 1.54) is 4.88 Å². The Balaban J connectivity index is 2.28. The Hall–Kier alpha value is -0.710. The molecule has 4 heteroatoms. The fraction of sp³-hybridized carbons (Fsp3) is 0.222. The number of thiazole rings is 1. The van der Waals surface area contributed by atoms with Gasteiger partial charge in [-0.3, -0.25) is 0 Å². The number of thiophene rings is 1. The lowest BCUT2D eigenvalue weighted by Crippen LogP contribution is -2.10. The van der Waals surface area contributed by atoms with E-state index in [-0.39, 0.29) is 6.04 Å². The minimum Gasteiger partial charge on any atom is -0.319 e. The maximum atomic E-state index is 6.02. The van der Waals surface area contributed by atoms with Crippen molar-refractivity contribution in [3.63, 3.8) is 0 Å². The highest BCUT2D eigenvalue weighted by Gasteiger charge is 2.11. The molecule has 0 aliphatic rings. The van der Waals surface area contributed by atoms with E-state index >= 15 is 0 Å². The fourth-order valence-electron chi connectivity index (χ4n) is 1.17. The van der Waals surface area contributed by atoms with Crippen LogP contribution < -0.4 is 5.73 Å². The van der Waals surface area contributed by atoms with E-state index in [1.807, 2.05) is 10.9 Å². The predicted octanol–water partition coefficient (Wildman–Crippen LogP) is 2.56. The topological polar surface area (TPSA) is 38.9 Å². The summed E-state index contributed by atoms with van der Waals surface area (Å²) in [4.78, 5) is 5.49. The standard InChI is InChI=1S/C9H10N2S2/c1-6-2-7(3-13-6)9(10)8-4-12-5-11-8/h2-5,9H,10H2,1H3. The zero-order chi connectivity index (χ0) is 9.26. The van der Waals surface area contributed by atoms with Crippen LogP contribution in [0.25, 0.3) is 0 Å². The van der Waals surface area contributed by atoms with Crippen molar-refractivity contribution in [2.45, 2.75) is 13.0 Å². The highest BCUT2D eigenvalue weighted by Crippen LogP contribution is 2.23. The summed E-state index contributed by atoms with van der Waals surface area (Å²) in [7, 11) is 0. The van der Waals surface area contributed by atoms with E-state index in [1.54, 1.807) is 22.7 Å². The van der Waals surface area contributed by atoms with E-state index in [0.29, 0.717) is 0 Å². The number of rotatable bonds is 2. The van der Waals surface area contributed by atoms with Crippen LogP contribution in [0.15, 0.2) is 22.3 Å². The second-order valence-electron chi connectivity index (χ2n) is 2.88. The Bertz CT molecular complexity index is 378. The third-order valence-corrected chi connectivity index (χ3v) is 3.36. The number of nitrogens with zero attached hydrogens (tertiary/aromatic N) is 1. The van der Waals surface area contributed by atoms with Crippen molar-refractivity contribution < 1.29 is 0 Å². The van der Waals surface area contributed by atoms with Gasteiger partial charge in [0.05, 0.1) is 17.2 Å². The summed E-state index contributed by atoms with van der Waals surface area (Å²) in [6, 6.07) is 2.06. The molecule has 0 radical (unpaired) electrons. The summed E-state index contributed by atoms with van der Waals surface area (Å²) in [5.41, 5.74) is 9.96. The van der Waals surface area contributed by atoms with Crippen molar-refractivity contribution in [2.24, 2.45) is 5.73 Å². The molecule has 1 atom stereocenters. The third kappa shape index (κ3) is 1.80. The van der Waals surface area contributed by atoms with Gasteiger partial charge in [-0.25, -0.2) is 4.98 Å². The maximum Gasteiger partial charge on any atom is 0.0795 e. The summed E-state index contributed by atoms with van der Waals surface area (Å²) in [5.74, 6) is 0. The number of nitrogens with two attached hydrogens (primary N) is 1. The molecule has 13 heavy (non-hydrogen) atoms. The fourth-order valence-corrected chi connectivity index (χ4v) is 2.50. The van der Waals surface area contributed by atoms with Crippen molar-refractivity contribution in [2.75, 3.05) is 0 Å². The van der Waals surface area contributed by atoms with Crippen molar-refractivity contribution in [1.82, 2.24) is 4.98 Å². The van der Waals surface area contributed by atoms with Gasteiger partial charge in [0.15, 0.2) is 0 Å². The number of hydrogen-bond acceptors (Lipinski definition) is 4. The van der Waals surface area contributed by atoms with Crippen LogP contribution in [0.5, 0.6) is 0 Å². The molecule has 2 nitrogen and oxygen atoms in total. The van der Waals surface area contributed by atoms with Crippen LogP contribution in [0.4, 0.5) is 0 Å². The molecule has 2 heterocycles. The zero-order valence-corrected chi connectivity index (χ0v) is 8.86. The third-order valence-electron chi connectivity index (χ3n) is 1.88. The molecule has 68 valence electrons. The average molecular weight is 210 g/mol. The Morgan fingerprint density at radius 1 is 1.46 bits per heavy atom. The van der Waals surface area contributed by atoms with Crippen LogP contribution in [-0.4, -0.2) is 4.98 Å². The van der Waals surface area contributed by atoms with Crippen molar-refractivity contribution in [1.29, 1.82) is 0 Å². The van der Waals surface area contributed by atoms with Crippen molar-refractivity contribution in [3.8, 4) is 0 Å². The summed E-state index contributed by atoms with van der Waals surface area (Å²) in [6.45, 7) is 2.09. The Labute approximate surface area is 85.1 Å². The van der Waals surface area contributed by atoms with E-state index in [0.717, 1.165) is 11.3 Å². The quantitative estimate of drug-likeness (QED) is 0.827. The van der Waals surface area contributed by atoms with Crippen LogP contribution in [-0.2, 0) is 0 Å². The molecule has 0 aliphatic carbocycles. The van der Waals surface area contributed by atoms with Crippen LogP contribution in [0.1, 0.15) is 22.2 Å². The molecule has 0 saturated carbocycles. The van der Waals surface area contributed by atoms with Gasteiger partial charge >= 0.3 is 0 Å². The molecule has 0 amide bonds. The van der Waals surface area contributed by atoms with E-state index in [9.17, 15) is 0 Å². The molecular weight excluding hydrogens is 200 g/mol. The molecule has 2 rings (SSSR count). The number of aryl methyl sites for hydroxylation is 1. The van der Waals surface area contributed by atoms with Crippen LogP contribution >= 0.6 is 22.7 Å². The van der Waals surface area contributed by atoms with Gasteiger partial charge in [0.2, 0.25) is 0 Å². The average Bonchev–Trinajstić information content (AvgIpc) is 2.72. The molecule has 0 saturated heterocycles. The van der Waals surface area contributed by atoms with Gasteiger partial charge in [-0.2, -0.15) is 0 Å². The van der Waals surface area contributed by atoms with Crippen LogP contribution in [0, 0.1) is 6.92 Å². The summed E-state index contributed by atoms with van der Waals surface area (Å²) >= 11 is 3.31. The predicted molar refractivity (Wildman–Crippen MR) is 57.2 cm³/mol. The molecule has 2 aromatic heterocycles. The number of aromatic nitrogens is 1. The van der Waals surface area contributed by atoms with Gasteiger partial charge in [0.25, 0.3) is 0 Å². The van der Waals surface area contributed by atoms with Gasteiger partial charge in [-0.1, -0.05) is 0 Å². The zero-order valence-electron chi connectivity index (χ0n) is 7.23. The van der Waals surface area contributed by atoms with Gasteiger partial charge in [0.1, 0.15) is 0 Å². The second-order valence-corrected chi connectivity index (χ2v) is 4.72. The van der Waals surface area contributed by atoms with Crippen LogP contribution in [0.2, 0.25) is 0 Å². The van der Waals surface area contributed by atoms with Crippen molar-refractivity contribution in [3.05, 3.63) is 38.5 Å². The summed E-state index contributed by atoms with van der Waals surface area (Å²) < 4.78 is 0. The highest BCUT2D eigenvalue weighted by molar-refractivity contribution is 7.10. The van der Waals surface area contributed by atoms with E-state index < -0.39 is 0 Å². The molecule has 0 bridgehead atoms. The molecule has 0 aromatic carbocycles. The molecule has 0 fully saturated rings. The maximum absolute atomic E-state index is 6.02. The lowest BCUT2D eigenvalue weighted by Gasteiger charge is -2.04. The summed E-state index contributed by atoms with van der Waals surface area (Å²) in [5, 5.41) is 4.09. The summed E-state index contributed by atoms with van der Waals surface area (Å²) in [6.07, 6.45) is 0. The van der Waals surface area contributed by atoms with Gasteiger partial charge in [-0.05, 0) is 23.9 Å². The largest absolute Gasteiger partial charge is 0.319 e. The molecule has 2 aromatic rings. The van der Waals surface area contributed by atoms with Crippen LogP contribution in [0.3, 0.4) is 0 Å². The first-order chi connectivity index (χ1) is 6.27. The Morgan fingerprint density at radius 3 is 2.85 bits per heavy atom. The lowest BCUT2D eigenvalue weighted by molar-refractivity contribution is 0.843. The van der Waals surface area contributed by atoms with E-state index in [2.05, 4.69) is 23.4 Å². The van der Waals surface area contributed by atoms with Gasteiger partial charge in [-0.15, -0.1) is 22.7 Å². The minimum atomic E-state index is -0.0591. The second kappa shape index (κ2) is 3.57. The lowest BCUT2D eigenvalue weighted by atomic mass is 10.1. The molecular formula is C9H10N2S2. The monoisotopic (exact) mass is 210 g/mol. The molecule has 0 spiro atoms. The Kier molecular flexibility index (Phi) is 2.44. The molecule has 2 N–H and O–H groups in total. The molecule has 0 aliphatic heterocycles. The Morgan fingerprint density at radius 2 is 2.31 bits per heavy atom. The van der Waals surface area contributed by atoms with Crippen molar-refractivity contribution >= 4 is 22.7 Å². The first-order valence-corrected chi connectivity index (χ1v) is 5.78. The normalized spacial score (nSPS) is 13.1. The van der Waals surface area contributed by atoms with Gasteiger partial charge in [0, 0.05) is 10.3 Å². The minimum absolute atomic E-state index is 0.0591. The molecule has 1 unspecified atom stereocenters. The van der Waals surface area contributed by atoms with E-state index in [4.69, 9.17) is 5.73 Å². The SMILES string of the molecule is Cc1cc(C(N)c2cscn2)cs1. The first-order valence-electron chi connectivity index (χ1n) is 3.96. The first kappa shape index (κ1) is 8.87. The highest BCUT2D eigenvalue weighted by atomic mass is 32.1. The number of hydrogen-bond donors (Lipinski definition) is 1.